The molecule has 0 saturated heterocycles. The van der Waals surface area contributed by atoms with Crippen LogP contribution in [0.2, 0.25) is 15.2 Å². The van der Waals surface area contributed by atoms with Crippen LogP contribution < -0.4 is 4.72 Å². The monoisotopic (exact) mass is 364 g/mol. The van der Waals surface area contributed by atoms with E-state index in [1.54, 1.807) is 19.9 Å². The van der Waals surface area contributed by atoms with Crippen LogP contribution in [0.3, 0.4) is 0 Å². The van der Waals surface area contributed by atoms with E-state index < -0.39 is 10.0 Å². The van der Waals surface area contributed by atoms with Crippen molar-refractivity contribution in [3.63, 3.8) is 0 Å². The highest BCUT2D eigenvalue weighted by molar-refractivity contribution is 7.93. The smallest absolute Gasteiger partial charge is 0.263 e. The van der Waals surface area contributed by atoms with Crippen LogP contribution >= 0.6 is 34.8 Å². The van der Waals surface area contributed by atoms with Gasteiger partial charge in [0.25, 0.3) is 10.0 Å². The van der Waals surface area contributed by atoms with Gasteiger partial charge in [-0.15, -0.1) is 0 Å². The number of nitrogens with one attached hydrogen (secondary N) is 1. The van der Waals surface area contributed by atoms with Crippen molar-refractivity contribution in [1.29, 1.82) is 0 Å². The maximum atomic E-state index is 12.5. The summed E-state index contributed by atoms with van der Waals surface area (Å²) in [5.41, 5.74) is 1.27. The quantitative estimate of drug-likeness (QED) is 0.817. The van der Waals surface area contributed by atoms with Gasteiger partial charge in [0.1, 0.15) is 10.0 Å². The van der Waals surface area contributed by atoms with Crippen LogP contribution in [0.1, 0.15) is 11.1 Å². The molecule has 1 heterocycles. The zero-order valence-electron chi connectivity index (χ0n) is 11.1. The van der Waals surface area contributed by atoms with E-state index in [0.717, 1.165) is 0 Å². The fourth-order valence-electron chi connectivity index (χ4n) is 1.81. The van der Waals surface area contributed by atoms with Crippen molar-refractivity contribution in [2.75, 3.05) is 4.72 Å². The minimum Gasteiger partial charge on any atom is -0.279 e. The zero-order chi connectivity index (χ0) is 15.8. The lowest BCUT2D eigenvalue weighted by atomic mass is 10.2. The zero-order valence-corrected chi connectivity index (χ0v) is 14.2. The third-order valence-corrected chi connectivity index (χ3v) is 5.59. The molecule has 0 amide bonds. The Morgan fingerprint density at radius 3 is 2.43 bits per heavy atom. The Balaban J connectivity index is 2.55. The number of aromatic nitrogens is 1. The van der Waals surface area contributed by atoms with E-state index in [2.05, 4.69) is 9.71 Å². The summed E-state index contributed by atoms with van der Waals surface area (Å²) in [4.78, 5) is 3.75. The molecule has 2 aromatic rings. The third kappa shape index (κ3) is 3.43. The van der Waals surface area contributed by atoms with E-state index in [4.69, 9.17) is 34.8 Å². The average molecular weight is 366 g/mol. The Labute approximate surface area is 138 Å². The van der Waals surface area contributed by atoms with Crippen LogP contribution in [-0.2, 0) is 10.0 Å². The first-order chi connectivity index (χ1) is 9.72. The molecule has 0 aliphatic carbocycles. The van der Waals surface area contributed by atoms with Gasteiger partial charge in [-0.05, 0) is 43.2 Å². The number of pyridine rings is 1. The van der Waals surface area contributed by atoms with E-state index >= 15 is 0 Å². The number of benzene rings is 1. The van der Waals surface area contributed by atoms with Crippen molar-refractivity contribution in [3.8, 4) is 0 Å². The fourth-order valence-corrected chi connectivity index (χ4v) is 4.24. The molecule has 1 aromatic heterocycles. The van der Waals surface area contributed by atoms with E-state index in [0.29, 0.717) is 21.8 Å². The molecule has 1 aromatic carbocycles. The van der Waals surface area contributed by atoms with Crippen molar-refractivity contribution in [1.82, 2.24) is 4.98 Å². The van der Waals surface area contributed by atoms with E-state index in [1.165, 1.54) is 18.3 Å². The van der Waals surface area contributed by atoms with Gasteiger partial charge >= 0.3 is 0 Å². The number of aryl methyl sites for hydroxylation is 1. The average Bonchev–Trinajstić information content (AvgIpc) is 2.35. The topological polar surface area (TPSA) is 59.1 Å². The molecule has 0 atom stereocenters. The maximum absolute atomic E-state index is 12.5. The molecule has 112 valence electrons. The van der Waals surface area contributed by atoms with Crippen LogP contribution in [0, 0.1) is 13.8 Å². The van der Waals surface area contributed by atoms with Gasteiger partial charge in [-0.1, -0.05) is 34.8 Å². The van der Waals surface area contributed by atoms with E-state index in [-0.39, 0.29) is 15.1 Å². The Bertz CT molecular complexity index is 781. The van der Waals surface area contributed by atoms with E-state index in [1.807, 2.05) is 0 Å². The summed E-state index contributed by atoms with van der Waals surface area (Å²) in [7, 11) is -3.89. The van der Waals surface area contributed by atoms with Crippen molar-refractivity contribution in [3.05, 3.63) is 50.7 Å². The first kappa shape index (κ1) is 16.4. The Morgan fingerprint density at radius 1 is 1.14 bits per heavy atom. The summed E-state index contributed by atoms with van der Waals surface area (Å²) < 4.78 is 27.5. The lowest BCUT2D eigenvalue weighted by Gasteiger charge is -2.14. The number of hydrogen-bond donors (Lipinski definition) is 1. The molecule has 0 radical (unpaired) electrons. The summed E-state index contributed by atoms with van der Waals surface area (Å²) in [5.74, 6) is 0. The summed E-state index contributed by atoms with van der Waals surface area (Å²) in [5, 5.41) is 0.662. The second kappa shape index (κ2) is 6.01. The van der Waals surface area contributed by atoms with Crippen LogP contribution in [0.15, 0.2) is 29.3 Å². The normalized spacial score (nSPS) is 11.5. The highest BCUT2D eigenvalue weighted by Gasteiger charge is 2.24. The first-order valence-electron chi connectivity index (χ1n) is 5.82. The first-order valence-corrected chi connectivity index (χ1v) is 8.43. The molecule has 0 aliphatic rings. The van der Waals surface area contributed by atoms with Crippen LogP contribution in [-0.4, -0.2) is 13.4 Å². The second-order valence-electron chi connectivity index (χ2n) is 4.42. The lowest BCUT2D eigenvalue weighted by molar-refractivity contribution is 0.600. The molecule has 0 aliphatic heterocycles. The molecule has 2 rings (SSSR count). The van der Waals surface area contributed by atoms with Crippen LogP contribution in [0.25, 0.3) is 0 Å². The molecule has 4 nitrogen and oxygen atoms in total. The van der Waals surface area contributed by atoms with Gasteiger partial charge in [0.15, 0.2) is 0 Å². The SMILES string of the molecule is Cc1cc(Cl)c(C)c(S(=O)(=O)Nc2ccnc(Cl)c2)c1Cl. The molecular formula is C13H11Cl3N2O2S. The third-order valence-electron chi connectivity index (χ3n) is 2.84. The number of halogens is 3. The fraction of sp³-hybridized carbons (Fsp3) is 0.154. The second-order valence-corrected chi connectivity index (χ2v) is 7.21. The Kier molecular flexibility index (Phi) is 4.68. The molecular weight excluding hydrogens is 355 g/mol. The molecule has 1 N–H and O–H groups in total. The van der Waals surface area contributed by atoms with Crippen molar-refractivity contribution < 1.29 is 8.42 Å². The van der Waals surface area contributed by atoms with Crippen molar-refractivity contribution >= 4 is 50.5 Å². The van der Waals surface area contributed by atoms with Crippen LogP contribution in [0.4, 0.5) is 5.69 Å². The van der Waals surface area contributed by atoms with Gasteiger partial charge in [-0.25, -0.2) is 13.4 Å². The lowest BCUT2D eigenvalue weighted by Crippen LogP contribution is -2.15. The Morgan fingerprint density at radius 2 is 1.81 bits per heavy atom. The molecule has 21 heavy (non-hydrogen) atoms. The molecule has 0 spiro atoms. The molecule has 0 saturated carbocycles. The van der Waals surface area contributed by atoms with Gasteiger partial charge < -0.3 is 0 Å². The standard InChI is InChI=1S/C13H11Cl3N2O2S/c1-7-5-10(14)8(2)13(12(7)16)21(19,20)18-9-3-4-17-11(15)6-9/h3-6H,1-2H3,(H,17,18). The predicted molar refractivity (Wildman–Crippen MR) is 86.0 cm³/mol. The molecule has 0 bridgehead atoms. The number of nitrogens with zero attached hydrogens (tertiary/aromatic N) is 1. The van der Waals surface area contributed by atoms with Gasteiger partial charge in [0.05, 0.1) is 10.7 Å². The van der Waals surface area contributed by atoms with E-state index in [9.17, 15) is 8.42 Å². The highest BCUT2D eigenvalue weighted by atomic mass is 35.5. The minimum absolute atomic E-state index is 0.0397. The van der Waals surface area contributed by atoms with Gasteiger partial charge in [0.2, 0.25) is 0 Å². The largest absolute Gasteiger partial charge is 0.279 e. The molecule has 8 heteroatoms. The summed E-state index contributed by atoms with van der Waals surface area (Å²) in [6, 6.07) is 4.52. The van der Waals surface area contributed by atoms with Crippen molar-refractivity contribution in [2.45, 2.75) is 18.7 Å². The van der Waals surface area contributed by atoms with Gasteiger partial charge in [-0.3, -0.25) is 4.72 Å². The number of hydrogen-bond acceptors (Lipinski definition) is 3. The molecule has 0 fully saturated rings. The minimum atomic E-state index is -3.89. The Hall–Kier alpha value is -1.01. The molecule has 0 unspecified atom stereocenters. The number of rotatable bonds is 3. The highest BCUT2D eigenvalue weighted by Crippen LogP contribution is 2.34. The van der Waals surface area contributed by atoms with Gasteiger partial charge in [0, 0.05) is 11.2 Å². The maximum Gasteiger partial charge on any atom is 0.263 e. The predicted octanol–water partition coefficient (Wildman–Crippen LogP) is 4.46. The van der Waals surface area contributed by atoms with Crippen molar-refractivity contribution in [2.24, 2.45) is 0 Å². The van der Waals surface area contributed by atoms with Crippen LogP contribution in [0.5, 0.6) is 0 Å². The number of sulfonamides is 1. The number of anilines is 1. The summed E-state index contributed by atoms with van der Waals surface area (Å²) in [6.45, 7) is 3.29. The summed E-state index contributed by atoms with van der Waals surface area (Å²) >= 11 is 17.9. The van der Waals surface area contributed by atoms with Gasteiger partial charge in [-0.2, -0.15) is 0 Å². The summed E-state index contributed by atoms with van der Waals surface area (Å²) in [6.07, 6.45) is 1.40.